The normalized spacial score (nSPS) is 17.6. The number of ketones is 1. The third kappa shape index (κ3) is 7.22. The van der Waals surface area contributed by atoms with Gasteiger partial charge in [0.2, 0.25) is 0 Å². The molecular formula is C20H33NO. The summed E-state index contributed by atoms with van der Waals surface area (Å²) in [4.78, 5) is 10.9. The van der Waals surface area contributed by atoms with Gasteiger partial charge in [0.1, 0.15) is 5.78 Å². The SMILES string of the molecule is CC(C)(C)C1CCC(=O)CC1.CNC(C)Cc1ccccc1. The number of benzene rings is 1. The highest BCUT2D eigenvalue weighted by Crippen LogP contribution is 2.36. The highest BCUT2D eigenvalue weighted by atomic mass is 16.1. The number of rotatable bonds is 3. The van der Waals surface area contributed by atoms with Crippen LogP contribution in [0.3, 0.4) is 0 Å². The number of hydrogen-bond acceptors (Lipinski definition) is 2. The van der Waals surface area contributed by atoms with Gasteiger partial charge in [0.05, 0.1) is 0 Å². The van der Waals surface area contributed by atoms with Crippen molar-refractivity contribution in [3.8, 4) is 0 Å². The quantitative estimate of drug-likeness (QED) is 0.882. The summed E-state index contributed by atoms with van der Waals surface area (Å²) < 4.78 is 0. The van der Waals surface area contributed by atoms with Crippen molar-refractivity contribution in [3.63, 3.8) is 0 Å². The van der Waals surface area contributed by atoms with E-state index in [9.17, 15) is 4.79 Å². The van der Waals surface area contributed by atoms with Gasteiger partial charge in [-0.15, -0.1) is 0 Å². The Kier molecular flexibility index (Phi) is 7.81. The van der Waals surface area contributed by atoms with Crippen molar-refractivity contribution in [1.82, 2.24) is 5.32 Å². The molecule has 0 amide bonds. The molecule has 124 valence electrons. The zero-order valence-electron chi connectivity index (χ0n) is 15.0. The molecule has 1 N–H and O–H groups in total. The smallest absolute Gasteiger partial charge is 0.132 e. The fraction of sp³-hybridized carbons (Fsp3) is 0.650. The van der Waals surface area contributed by atoms with E-state index in [2.05, 4.69) is 57.3 Å². The Labute approximate surface area is 136 Å². The number of carbonyl (C=O) groups is 1. The Morgan fingerprint density at radius 2 is 1.68 bits per heavy atom. The summed E-state index contributed by atoms with van der Waals surface area (Å²) in [5, 5.41) is 3.21. The summed E-state index contributed by atoms with van der Waals surface area (Å²) >= 11 is 0. The monoisotopic (exact) mass is 303 g/mol. The van der Waals surface area contributed by atoms with Crippen LogP contribution in [0.2, 0.25) is 0 Å². The predicted octanol–water partition coefficient (Wildman–Crippen LogP) is 4.63. The maximum Gasteiger partial charge on any atom is 0.132 e. The lowest BCUT2D eigenvalue weighted by Crippen LogP contribution is -2.25. The van der Waals surface area contributed by atoms with Gasteiger partial charge in [-0.3, -0.25) is 4.79 Å². The second-order valence-corrected chi connectivity index (χ2v) is 7.56. The van der Waals surface area contributed by atoms with Crippen molar-refractivity contribution in [2.75, 3.05) is 7.05 Å². The Balaban J connectivity index is 0.000000220. The van der Waals surface area contributed by atoms with Crippen molar-refractivity contribution in [1.29, 1.82) is 0 Å². The maximum atomic E-state index is 10.9. The first-order valence-corrected chi connectivity index (χ1v) is 8.55. The molecule has 1 saturated carbocycles. The van der Waals surface area contributed by atoms with Crippen LogP contribution >= 0.6 is 0 Å². The van der Waals surface area contributed by atoms with E-state index in [1.54, 1.807) is 0 Å². The van der Waals surface area contributed by atoms with Gasteiger partial charge in [0.25, 0.3) is 0 Å². The van der Waals surface area contributed by atoms with E-state index < -0.39 is 0 Å². The molecule has 2 nitrogen and oxygen atoms in total. The molecule has 1 atom stereocenters. The molecule has 0 aromatic heterocycles. The largest absolute Gasteiger partial charge is 0.317 e. The molecule has 1 aliphatic rings. The van der Waals surface area contributed by atoms with Gasteiger partial charge in [0.15, 0.2) is 0 Å². The number of carbonyl (C=O) groups excluding carboxylic acids is 1. The van der Waals surface area contributed by atoms with E-state index in [0.29, 0.717) is 17.2 Å². The number of likely N-dealkylation sites (N-methyl/N-ethyl adjacent to an activating group) is 1. The van der Waals surface area contributed by atoms with Crippen LogP contribution in [0.4, 0.5) is 0 Å². The minimum absolute atomic E-state index is 0.403. The topological polar surface area (TPSA) is 29.1 Å². The molecular weight excluding hydrogens is 270 g/mol. The molecule has 2 rings (SSSR count). The molecule has 0 spiro atoms. The first kappa shape index (κ1) is 18.9. The molecule has 22 heavy (non-hydrogen) atoms. The summed E-state index contributed by atoms with van der Waals surface area (Å²) in [7, 11) is 1.99. The first-order chi connectivity index (χ1) is 10.3. The zero-order valence-corrected chi connectivity index (χ0v) is 15.0. The standard InChI is InChI=1S/C10H15N.C10H18O/c1-9(11-2)8-10-6-4-3-5-7-10;1-10(2,3)8-4-6-9(11)7-5-8/h3-7,9,11H,8H2,1-2H3;8H,4-7H2,1-3H3. The van der Waals surface area contributed by atoms with Crippen LogP contribution in [0.1, 0.15) is 58.9 Å². The third-order valence-corrected chi connectivity index (χ3v) is 4.65. The molecule has 1 aromatic carbocycles. The number of Topliss-reactive ketones (excluding diaryl/α,β-unsaturated/α-hetero) is 1. The van der Waals surface area contributed by atoms with Crippen LogP contribution < -0.4 is 5.32 Å². The van der Waals surface area contributed by atoms with Crippen molar-refractivity contribution in [3.05, 3.63) is 35.9 Å². The van der Waals surface area contributed by atoms with Crippen LogP contribution in [0.15, 0.2) is 30.3 Å². The van der Waals surface area contributed by atoms with Crippen LogP contribution in [0.25, 0.3) is 0 Å². The Morgan fingerprint density at radius 3 is 2.14 bits per heavy atom. The molecule has 0 aliphatic heterocycles. The lowest BCUT2D eigenvalue weighted by Gasteiger charge is -2.33. The molecule has 0 heterocycles. The average molecular weight is 303 g/mol. The van der Waals surface area contributed by atoms with Crippen LogP contribution in [-0.4, -0.2) is 18.9 Å². The van der Waals surface area contributed by atoms with Gasteiger partial charge < -0.3 is 5.32 Å². The van der Waals surface area contributed by atoms with Gasteiger partial charge in [-0.2, -0.15) is 0 Å². The maximum absolute atomic E-state index is 10.9. The first-order valence-electron chi connectivity index (χ1n) is 8.55. The van der Waals surface area contributed by atoms with Crippen molar-refractivity contribution >= 4 is 5.78 Å². The second kappa shape index (κ2) is 9.09. The number of hydrogen-bond donors (Lipinski definition) is 1. The van der Waals surface area contributed by atoms with E-state index >= 15 is 0 Å². The summed E-state index contributed by atoms with van der Waals surface area (Å²) in [5.41, 5.74) is 1.80. The molecule has 0 bridgehead atoms. The average Bonchev–Trinajstić information content (AvgIpc) is 2.48. The van der Waals surface area contributed by atoms with E-state index in [1.807, 2.05) is 13.1 Å². The molecule has 1 aliphatic carbocycles. The lowest BCUT2D eigenvalue weighted by atomic mass is 9.72. The third-order valence-electron chi connectivity index (χ3n) is 4.65. The van der Waals surface area contributed by atoms with E-state index in [-0.39, 0.29) is 0 Å². The summed E-state index contributed by atoms with van der Waals surface area (Å²) in [6.07, 6.45) is 4.98. The Bertz CT molecular complexity index is 423. The number of nitrogens with one attached hydrogen (secondary N) is 1. The predicted molar refractivity (Wildman–Crippen MR) is 95.1 cm³/mol. The molecule has 0 radical (unpaired) electrons. The van der Waals surface area contributed by atoms with Crippen molar-refractivity contribution in [2.24, 2.45) is 11.3 Å². The zero-order chi connectivity index (χ0) is 16.6. The molecule has 1 unspecified atom stereocenters. The fourth-order valence-corrected chi connectivity index (χ4v) is 2.88. The van der Waals surface area contributed by atoms with Crippen molar-refractivity contribution < 1.29 is 4.79 Å². The van der Waals surface area contributed by atoms with E-state index in [1.165, 1.54) is 5.56 Å². The Morgan fingerprint density at radius 1 is 1.14 bits per heavy atom. The summed E-state index contributed by atoms with van der Waals surface area (Å²) in [5.74, 6) is 1.23. The van der Waals surface area contributed by atoms with Gasteiger partial charge >= 0.3 is 0 Å². The highest BCUT2D eigenvalue weighted by molar-refractivity contribution is 5.79. The van der Waals surface area contributed by atoms with Gasteiger partial charge in [-0.25, -0.2) is 0 Å². The molecule has 1 aromatic rings. The van der Waals surface area contributed by atoms with Gasteiger partial charge in [0, 0.05) is 18.9 Å². The molecule has 0 saturated heterocycles. The Hall–Kier alpha value is -1.15. The molecule has 2 heteroatoms. The minimum Gasteiger partial charge on any atom is -0.317 e. The van der Waals surface area contributed by atoms with E-state index in [0.717, 1.165) is 38.0 Å². The second-order valence-electron chi connectivity index (χ2n) is 7.56. The fourth-order valence-electron chi connectivity index (χ4n) is 2.88. The van der Waals surface area contributed by atoms with Crippen LogP contribution in [0, 0.1) is 11.3 Å². The summed E-state index contributed by atoms with van der Waals surface area (Å²) in [6.45, 7) is 9.00. The van der Waals surface area contributed by atoms with Crippen LogP contribution in [-0.2, 0) is 11.2 Å². The summed E-state index contributed by atoms with van der Waals surface area (Å²) in [6, 6.07) is 11.1. The van der Waals surface area contributed by atoms with E-state index in [4.69, 9.17) is 0 Å². The van der Waals surface area contributed by atoms with Gasteiger partial charge in [-0.1, -0.05) is 51.1 Å². The van der Waals surface area contributed by atoms with Gasteiger partial charge in [-0.05, 0) is 50.1 Å². The van der Waals surface area contributed by atoms with Crippen molar-refractivity contribution in [2.45, 2.75) is 65.8 Å². The molecule has 1 fully saturated rings. The highest BCUT2D eigenvalue weighted by Gasteiger charge is 2.28. The lowest BCUT2D eigenvalue weighted by molar-refractivity contribution is -0.121. The minimum atomic E-state index is 0.403. The van der Waals surface area contributed by atoms with Crippen LogP contribution in [0.5, 0.6) is 0 Å².